The Morgan fingerprint density at radius 2 is 2.25 bits per heavy atom. The lowest BCUT2D eigenvalue weighted by Gasteiger charge is -2.22. The van der Waals surface area contributed by atoms with Gasteiger partial charge in [0.15, 0.2) is 5.65 Å². The highest BCUT2D eigenvalue weighted by Crippen LogP contribution is 2.27. The molecule has 0 bridgehead atoms. The number of nitrogens with zero attached hydrogens (tertiary/aromatic N) is 4. The second kappa shape index (κ2) is 7.97. The molecular weight excluding hydrogens is 376 g/mol. The van der Waals surface area contributed by atoms with E-state index in [1.807, 2.05) is 24.3 Å². The van der Waals surface area contributed by atoms with Crippen molar-refractivity contribution in [1.82, 2.24) is 25.1 Å². The normalized spacial score (nSPS) is 16.5. The fraction of sp³-hybridized carbons (Fsp3) is 0.316. The van der Waals surface area contributed by atoms with E-state index in [-0.39, 0.29) is 17.9 Å². The van der Waals surface area contributed by atoms with Gasteiger partial charge in [-0.15, -0.1) is 11.8 Å². The Hall–Kier alpha value is -2.94. The van der Waals surface area contributed by atoms with Crippen LogP contribution < -0.4 is 5.32 Å². The monoisotopic (exact) mass is 396 g/mol. The molecule has 1 aliphatic rings. The van der Waals surface area contributed by atoms with Crippen molar-refractivity contribution in [2.75, 3.05) is 11.9 Å². The molecule has 1 saturated heterocycles. The average molecular weight is 396 g/mol. The summed E-state index contributed by atoms with van der Waals surface area (Å²) < 4.78 is 0. The van der Waals surface area contributed by atoms with E-state index in [0.29, 0.717) is 24.4 Å². The van der Waals surface area contributed by atoms with E-state index in [1.165, 1.54) is 13.3 Å². The van der Waals surface area contributed by atoms with Gasteiger partial charge in [0.05, 0.1) is 11.6 Å². The Morgan fingerprint density at radius 3 is 3.11 bits per heavy atom. The summed E-state index contributed by atoms with van der Waals surface area (Å²) in [6, 6.07) is 7.35. The molecule has 2 aromatic heterocycles. The fourth-order valence-corrected chi connectivity index (χ4v) is 4.30. The molecule has 0 spiro atoms. The Labute approximate surface area is 166 Å². The van der Waals surface area contributed by atoms with Gasteiger partial charge < -0.3 is 10.2 Å². The summed E-state index contributed by atoms with van der Waals surface area (Å²) in [4.78, 5) is 34.4. The third-order valence-corrected chi connectivity index (χ3v) is 5.82. The maximum Gasteiger partial charge on any atom is 0.247 e. The Bertz CT molecular complexity index is 1020. The number of H-pyrrole nitrogens is 1. The number of benzene rings is 1. The molecule has 1 fully saturated rings. The van der Waals surface area contributed by atoms with Gasteiger partial charge >= 0.3 is 0 Å². The molecule has 8 nitrogen and oxygen atoms in total. The van der Waals surface area contributed by atoms with Gasteiger partial charge in [0.2, 0.25) is 11.8 Å². The summed E-state index contributed by atoms with van der Waals surface area (Å²) in [5.74, 6) is 0.510. The molecule has 4 rings (SSSR count). The van der Waals surface area contributed by atoms with Crippen LogP contribution in [0, 0.1) is 0 Å². The first-order valence-corrected chi connectivity index (χ1v) is 10.0. The van der Waals surface area contributed by atoms with Crippen molar-refractivity contribution in [2.45, 2.75) is 36.6 Å². The predicted molar refractivity (Wildman–Crippen MR) is 107 cm³/mol. The van der Waals surface area contributed by atoms with Crippen LogP contribution in [0.5, 0.6) is 0 Å². The van der Waals surface area contributed by atoms with Crippen LogP contribution in [-0.4, -0.2) is 49.5 Å². The molecule has 1 aromatic carbocycles. The summed E-state index contributed by atoms with van der Waals surface area (Å²) >= 11 is 1.59. The molecule has 0 saturated carbocycles. The number of amides is 2. The minimum atomic E-state index is -0.383. The molecule has 1 aliphatic heterocycles. The number of fused-ring (bicyclic) bond motifs is 1. The number of aromatic amines is 1. The van der Waals surface area contributed by atoms with Crippen molar-refractivity contribution >= 4 is 40.3 Å². The van der Waals surface area contributed by atoms with E-state index < -0.39 is 0 Å². The first-order valence-electron chi connectivity index (χ1n) is 9.06. The zero-order valence-electron chi connectivity index (χ0n) is 15.4. The van der Waals surface area contributed by atoms with E-state index in [2.05, 4.69) is 25.5 Å². The second-order valence-electron chi connectivity index (χ2n) is 6.66. The van der Waals surface area contributed by atoms with Crippen LogP contribution in [0.4, 0.5) is 5.69 Å². The maximum absolute atomic E-state index is 12.6. The lowest BCUT2D eigenvalue weighted by molar-refractivity contribution is -0.134. The van der Waals surface area contributed by atoms with Gasteiger partial charge in [-0.2, -0.15) is 5.10 Å². The summed E-state index contributed by atoms with van der Waals surface area (Å²) in [6.07, 6.45) is 4.80. The van der Waals surface area contributed by atoms with Crippen LogP contribution >= 0.6 is 11.8 Å². The molecule has 1 unspecified atom stereocenters. The van der Waals surface area contributed by atoms with E-state index in [9.17, 15) is 9.59 Å². The van der Waals surface area contributed by atoms with Gasteiger partial charge in [-0.25, -0.2) is 9.97 Å². The van der Waals surface area contributed by atoms with Gasteiger partial charge in [-0.3, -0.25) is 14.7 Å². The van der Waals surface area contributed by atoms with Gasteiger partial charge in [0.1, 0.15) is 17.4 Å². The van der Waals surface area contributed by atoms with E-state index >= 15 is 0 Å². The van der Waals surface area contributed by atoms with Crippen LogP contribution in [-0.2, 0) is 15.3 Å². The predicted octanol–water partition coefficient (Wildman–Crippen LogP) is 2.59. The van der Waals surface area contributed by atoms with Gasteiger partial charge in [0.25, 0.3) is 0 Å². The van der Waals surface area contributed by atoms with Crippen molar-refractivity contribution < 1.29 is 9.59 Å². The van der Waals surface area contributed by atoms with Crippen LogP contribution in [0.2, 0.25) is 0 Å². The Kier molecular flexibility index (Phi) is 5.25. The summed E-state index contributed by atoms with van der Waals surface area (Å²) in [7, 11) is 0. The van der Waals surface area contributed by atoms with Crippen LogP contribution in [0.3, 0.4) is 0 Å². The molecule has 2 amide bonds. The summed E-state index contributed by atoms with van der Waals surface area (Å²) in [5, 5.41) is 11.5. The first kappa shape index (κ1) is 18.4. The molecule has 9 heteroatoms. The number of thioether (sulfide) groups is 1. The number of hydrogen-bond acceptors (Lipinski definition) is 6. The third kappa shape index (κ3) is 3.84. The zero-order chi connectivity index (χ0) is 19.5. The number of nitrogens with one attached hydrogen (secondary N) is 2. The summed E-state index contributed by atoms with van der Waals surface area (Å²) in [6.45, 7) is 2.15. The molecule has 28 heavy (non-hydrogen) atoms. The van der Waals surface area contributed by atoms with Gasteiger partial charge in [-0.1, -0.05) is 12.1 Å². The number of carbonyl (C=O) groups is 2. The van der Waals surface area contributed by atoms with Gasteiger partial charge in [0, 0.05) is 24.9 Å². The molecule has 3 heterocycles. The molecule has 144 valence electrons. The quantitative estimate of drug-likeness (QED) is 0.507. The number of anilines is 1. The van der Waals surface area contributed by atoms with Crippen molar-refractivity contribution in [2.24, 2.45) is 0 Å². The number of likely N-dealkylation sites (tertiary alicyclic amines) is 1. The van der Waals surface area contributed by atoms with Crippen LogP contribution in [0.15, 0.2) is 41.8 Å². The molecule has 3 aromatic rings. The Balaban J connectivity index is 1.42. The molecule has 1 atom stereocenters. The van der Waals surface area contributed by atoms with Crippen molar-refractivity contribution in [3.05, 3.63) is 42.4 Å². The number of aromatic nitrogens is 4. The van der Waals surface area contributed by atoms with Crippen LogP contribution in [0.25, 0.3) is 11.0 Å². The first-order chi connectivity index (χ1) is 13.6. The smallest absolute Gasteiger partial charge is 0.247 e. The Morgan fingerprint density at radius 1 is 1.36 bits per heavy atom. The fourth-order valence-electron chi connectivity index (χ4n) is 3.39. The van der Waals surface area contributed by atoms with Gasteiger partial charge in [-0.05, 0) is 30.5 Å². The van der Waals surface area contributed by atoms with Crippen molar-refractivity contribution in [3.63, 3.8) is 0 Å². The lowest BCUT2D eigenvalue weighted by Crippen LogP contribution is -2.42. The molecule has 0 aliphatic carbocycles. The summed E-state index contributed by atoms with van der Waals surface area (Å²) in [5.41, 5.74) is 2.51. The number of rotatable bonds is 5. The van der Waals surface area contributed by atoms with E-state index in [4.69, 9.17) is 0 Å². The highest BCUT2D eigenvalue weighted by atomic mass is 32.2. The standard InChI is InChI=1S/C19H20N6O2S/c1-12(26)25-7-3-6-16(25)18(27)23-14-5-2-4-13(8-14)10-28-19-15-9-22-24-17(15)20-11-21-19/h2,4-5,8-9,11,16H,3,6-7,10H2,1H3,(H,23,27)(H,20,21,22,24). The second-order valence-corrected chi connectivity index (χ2v) is 7.62. The van der Waals surface area contributed by atoms with E-state index in [0.717, 1.165) is 28.1 Å². The molecule has 0 radical (unpaired) electrons. The van der Waals surface area contributed by atoms with Crippen LogP contribution in [0.1, 0.15) is 25.3 Å². The topological polar surface area (TPSA) is 104 Å². The SMILES string of the molecule is CC(=O)N1CCCC1C(=O)Nc1cccc(CSc2ncnc3[nH]ncc23)c1. The maximum atomic E-state index is 12.6. The highest BCUT2D eigenvalue weighted by molar-refractivity contribution is 7.98. The van der Waals surface area contributed by atoms with Crippen molar-refractivity contribution in [1.29, 1.82) is 0 Å². The van der Waals surface area contributed by atoms with Crippen molar-refractivity contribution in [3.8, 4) is 0 Å². The molecular formula is C19H20N6O2S. The average Bonchev–Trinajstić information content (AvgIpc) is 3.36. The number of hydrogen-bond donors (Lipinski definition) is 2. The number of carbonyl (C=O) groups excluding carboxylic acids is 2. The minimum Gasteiger partial charge on any atom is -0.331 e. The highest BCUT2D eigenvalue weighted by Gasteiger charge is 2.32. The van der Waals surface area contributed by atoms with E-state index in [1.54, 1.807) is 22.9 Å². The molecule has 2 N–H and O–H groups in total. The third-order valence-electron chi connectivity index (χ3n) is 4.74. The minimum absolute atomic E-state index is 0.0572. The lowest BCUT2D eigenvalue weighted by atomic mass is 10.2. The largest absolute Gasteiger partial charge is 0.331 e. The zero-order valence-corrected chi connectivity index (χ0v) is 16.2.